The molecule has 2 heteroatoms. The van der Waals surface area contributed by atoms with E-state index in [4.69, 9.17) is 5.73 Å². The van der Waals surface area contributed by atoms with E-state index in [9.17, 15) is 4.39 Å². The summed E-state index contributed by atoms with van der Waals surface area (Å²) in [5.74, 6) is -0.186. The molecule has 0 aromatic heterocycles. The van der Waals surface area contributed by atoms with Crippen LogP contribution in [0.4, 0.5) is 4.39 Å². The maximum atomic E-state index is 13.1. The summed E-state index contributed by atoms with van der Waals surface area (Å²) in [6.07, 6.45) is 2.75. The summed E-state index contributed by atoms with van der Waals surface area (Å²) in [5, 5.41) is 0. The second-order valence-corrected chi connectivity index (χ2v) is 6.52. The molecule has 1 aromatic rings. The maximum absolute atomic E-state index is 13.1. The summed E-state index contributed by atoms with van der Waals surface area (Å²) in [4.78, 5) is 0. The molecule has 0 saturated heterocycles. The maximum Gasteiger partial charge on any atom is 0.123 e. The molecular weight excluding hydrogens is 213 g/mol. The quantitative estimate of drug-likeness (QED) is 0.844. The first kappa shape index (κ1) is 14.2. The van der Waals surface area contributed by atoms with Crippen molar-refractivity contribution in [2.45, 2.75) is 52.5 Å². The molecule has 2 N–H and O–H groups in total. The number of hydrogen-bond acceptors (Lipinski definition) is 1. The van der Waals surface area contributed by atoms with Crippen LogP contribution in [0.25, 0.3) is 0 Å². The van der Waals surface area contributed by atoms with Gasteiger partial charge in [-0.1, -0.05) is 32.9 Å². The van der Waals surface area contributed by atoms with Gasteiger partial charge in [0, 0.05) is 5.54 Å². The largest absolute Gasteiger partial charge is 0.325 e. The first-order chi connectivity index (χ1) is 7.68. The van der Waals surface area contributed by atoms with E-state index in [2.05, 4.69) is 20.8 Å². The lowest BCUT2D eigenvalue weighted by Gasteiger charge is -2.29. The fraction of sp³-hybridized carbons (Fsp3) is 0.600. The number of hydrogen-bond donors (Lipinski definition) is 1. The summed E-state index contributed by atoms with van der Waals surface area (Å²) >= 11 is 0. The van der Waals surface area contributed by atoms with Gasteiger partial charge in [-0.3, -0.25) is 0 Å². The molecule has 0 fully saturated rings. The van der Waals surface area contributed by atoms with E-state index in [-0.39, 0.29) is 11.4 Å². The highest BCUT2D eigenvalue weighted by molar-refractivity contribution is 5.18. The van der Waals surface area contributed by atoms with Crippen molar-refractivity contribution < 1.29 is 4.39 Å². The number of benzene rings is 1. The van der Waals surface area contributed by atoms with Crippen LogP contribution in [0.5, 0.6) is 0 Å². The molecular formula is C15H24FN. The molecule has 1 rings (SSSR count). The Morgan fingerprint density at radius 3 is 2.29 bits per heavy atom. The van der Waals surface area contributed by atoms with Crippen LogP contribution >= 0.6 is 0 Å². The van der Waals surface area contributed by atoms with E-state index in [0.717, 1.165) is 24.8 Å². The van der Waals surface area contributed by atoms with Gasteiger partial charge in [-0.05, 0) is 49.3 Å². The van der Waals surface area contributed by atoms with E-state index in [0.29, 0.717) is 5.41 Å². The van der Waals surface area contributed by atoms with Gasteiger partial charge in [0.2, 0.25) is 0 Å². The fourth-order valence-electron chi connectivity index (χ4n) is 1.86. The van der Waals surface area contributed by atoms with Gasteiger partial charge >= 0.3 is 0 Å². The third-order valence-corrected chi connectivity index (χ3v) is 2.94. The molecule has 17 heavy (non-hydrogen) atoms. The van der Waals surface area contributed by atoms with Crippen molar-refractivity contribution in [3.05, 3.63) is 35.6 Å². The van der Waals surface area contributed by atoms with Crippen molar-refractivity contribution in [2.75, 3.05) is 0 Å². The van der Waals surface area contributed by atoms with E-state index < -0.39 is 0 Å². The highest BCUT2D eigenvalue weighted by Gasteiger charge is 2.22. The predicted molar refractivity (Wildman–Crippen MR) is 71.4 cm³/mol. The zero-order valence-corrected chi connectivity index (χ0v) is 11.4. The van der Waals surface area contributed by atoms with Gasteiger partial charge < -0.3 is 5.73 Å². The fourth-order valence-corrected chi connectivity index (χ4v) is 1.86. The molecule has 1 unspecified atom stereocenters. The Morgan fingerprint density at radius 1 is 1.12 bits per heavy atom. The Hall–Kier alpha value is -0.890. The topological polar surface area (TPSA) is 26.0 Å². The molecule has 1 atom stereocenters. The van der Waals surface area contributed by atoms with Crippen molar-refractivity contribution in [3.63, 3.8) is 0 Å². The van der Waals surface area contributed by atoms with Gasteiger partial charge in [0.1, 0.15) is 5.82 Å². The lowest BCUT2D eigenvalue weighted by Crippen LogP contribution is -2.39. The Balaban J connectivity index is 2.60. The van der Waals surface area contributed by atoms with Gasteiger partial charge in [-0.25, -0.2) is 4.39 Å². The third-order valence-electron chi connectivity index (χ3n) is 2.94. The van der Waals surface area contributed by atoms with Gasteiger partial charge in [0.05, 0.1) is 0 Å². The Labute approximate surface area is 104 Å². The molecule has 0 bridgehead atoms. The normalized spacial score (nSPS) is 15.6. The zero-order chi connectivity index (χ0) is 13.1. The second-order valence-electron chi connectivity index (χ2n) is 6.52. The van der Waals surface area contributed by atoms with Crippen molar-refractivity contribution in [2.24, 2.45) is 11.1 Å². The standard InChI is InChI=1S/C15H24FN/c1-14(2,3)8-9-15(4,17)11-12-6-5-7-13(16)10-12/h5-7,10H,8-9,11,17H2,1-4H3. The zero-order valence-electron chi connectivity index (χ0n) is 11.4. The van der Waals surface area contributed by atoms with Crippen LogP contribution in [0.2, 0.25) is 0 Å². The van der Waals surface area contributed by atoms with E-state index in [1.54, 1.807) is 12.1 Å². The van der Waals surface area contributed by atoms with Crippen molar-refractivity contribution >= 4 is 0 Å². The Morgan fingerprint density at radius 2 is 1.76 bits per heavy atom. The van der Waals surface area contributed by atoms with Crippen molar-refractivity contribution in [3.8, 4) is 0 Å². The Kier molecular flexibility index (Phi) is 4.31. The van der Waals surface area contributed by atoms with Crippen LogP contribution in [-0.4, -0.2) is 5.54 Å². The van der Waals surface area contributed by atoms with Gasteiger partial charge in [0.25, 0.3) is 0 Å². The molecule has 0 aliphatic heterocycles. The second kappa shape index (κ2) is 5.18. The lowest BCUT2D eigenvalue weighted by atomic mass is 9.81. The molecule has 0 radical (unpaired) electrons. The molecule has 0 saturated carbocycles. The summed E-state index contributed by atoms with van der Waals surface area (Å²) in [6.45, 7) is 8.69. The smallest absolute Gasteiger partial charge is 0.123 e. The van der Waals surface area contributed by atoms with Gasteiger partial charge in [-0.15, -0.1) is 0 Å². The highest BCUT2D eigenvalue weighted by atomic mass is 19.1. The highest BCUT2D eigenvalue weighted by Crippen LogP contribution is 2.26. The van der Waals surface area contributed by atoms with Crippen LogP contribution in [-0.2, 0) is 6.42 Å². The van der Waals surface area contributed by atoms with Crippen molar-refractivity contribution in [1.29, 1.82) is 0 Å². The number of halogens is 1. The Bertz CT molecular complexity index is 363. The third kappa shape index (κ3) is 5.83. The lowest BCUT2D eigenvalue weighted by molar-refractivity contribution is 0.302. The monoisotopic (exact) mass is 237 g/mol. The minimum Gasteiger partial charge on any atom is -0.325 e. The van der Waals surface area contributed by atoms with E-state index in [1.165, 1.54) is 6.07 Å². The molecule has 1 nitrogen and oxygen atoms in total. The van der Waals surface area contributed by atoms with Gasteiger partial charge in [0.15, 0.2) is 0 Å². The summed E-state index contributed by atoms with van der Waals surface area (Å²) < 4.78 is 13.1. The molecule has 0 amide bonds. The SMILES string of the molecule is CC(C)(C)CCC(C)(N)Cc1cccc(F)c1. The average Bonchev–Trinajstić information content (AvgIpc) is 2.13. The average molecular weight is 237 g/mol. The predicted octanol–water partition coefficient (Wildman–Crippen LogP) is 3.91. The minimum atomic E-state index is -0.263. The molecule has 96 valence electrons. The van der Waals surface area contributed by atoms with Crippen LogP contribution < -0.4 is 5.73 Å². The van der Waals surface area contributed by atoms with Crippen LogP contribution in [0.1, 0.15) is 46.1 Å². The van der Waals surface area contributed by atoms with Crippen LogP contribution in [0.3, 0.4) is 0 Å². The number of nitrogens with two attached hydrogens (primary N) is 1. The van der Waals surface area contributed by atoms with Gasteiger partial charge in [-0.2, -0.15) is 0 Å². The molecule has 0 spiro atoms. The summed E-state index contributed by atoms with van der Waals surface area (Å²) in [6, 6.07) is 6.71. The molecule has 0 heterocycles. The molecule has 0 aliphatic rings. The molecule has 0 aliphatic carbocycles. The first-order valence-corrected chi connectivity index (χ1v) is 6.21. The van der Waals surface area contributed by atoms with E-state index in [1.807, 2.05) is 13.0 Å². The van der Waals surface area contributed by atoms with Crippen LogP contribution in [0.15, 0.2) is 24.3 Å². The van der Waals surface area contributed by atoms with Crippen molar-refractivity contribution in [1.82, 2.24) is 0 Å². The van der Waals surface area contributed by atoms with Crippen LogP contribution in [0, 0.1) is 11.2 Å². The minimum absolute atomic E-state index is 0.186. The first-order valence-electron chi connectivity index (χ1n) is 6.21. The summed E-state index contributed by atoms with van der Waals surface area (Å²) in [7, 11) is 0. The summed E-state index contributed by atoms with van der Waals surface area (Å²) in [5.41, 5.74) is 7.29. The number of rotatable bonds is 4. The van der Waals surface area contributed by atoms with E-state index >= 15 is 0 Å². The molecule has 1 aromatic carbocycles.